The lowest BCUT2D eigenvalue weighted by molar-refractivity contribution is -0.139. The second-order valence-corrected chi connectivity index (χ2v) is 8.13. The molecule has 2 aromatic rings. The number of ether oxygens (including phenoxy) is 2. The Balaban J connectivity index is 1.69. The molecular weight excluding hydrogens is 349 g/mol. The summed E-state index contributed by atoms with van der Waals surface area (Å²) in [5, 5.41) is 3.88. The molecule has 5 nitrogen and oxygen atoms in total. The van der Waals surface area contributed by atoms with Crippen LogP contribution in [0.25, 0.3) is 11.1 Å². The van der Waals surface area contributed by atoms with Crippen LogP contribution in [-0.2, 0) is 14.0 Å². The van der Waals surface area contributed by atoms with Crippen molar-refractivity contribution in [1.82, 2.24) is 5.09 Å². The molecule has 6 heteroatoms. The van der Waals surface area contributed by atoms with Crippen molar-refractivity contribution in [2.45, 2.75) is 33.0 Å². The van der Waals surface area contributed by atoms with Crippen molar-refractivity contribution < 1.29 is 18.6 Å². The van der Waals surface area contributed by atoms with Crippen molar-refractivity contribution >= 4 is 12.8 Å². The predicted molar refractivity (Wildman–Crippen MR) is 104 cm³/mol. The quantitative estimate of drug-likeness (QED) is 0.402. The molecule has 0 spiro atoms. The maximum Gasteiger partial charge on any atom is 0.347 e. The first-order valence-electron chi connectivity index (χ1n) is 9.15. The van der Waals surface area contributed by atoms with Crippen molar-refractivity contribution in [1.29, 1.82) is 0 Å². The molecule has 140 valence electrons. The highest BCUT2D eigenvalue weighted by Gasteiger charge is 2.35. The van der Waals surface area contributed by atoms with Gasteiger partial charge in [0, 0.05) is 30.9 Å². The highest BCUT2D eigenvalue weighted by Crippen LogP contribution is 2.51. The molecule has 0 aromatic heterocycles. The molecule has 0 radical (unpaired) electrons. The number of fused-ring (bicyclic) bond motifs is 3. The van der Waals surface area contributed by atoms with Gasteiger partial charge in [-0.25, -0.2) is 5.09 Å². The Kier molecular flexibility index (Phi) is 6.49. The molecule has 1 unspecified atom stereocenters. The number of benzene rings is 2. The smallest absolute Gasteiger partial charge is 0.347 e. The lowest BCUT2D eigenvalue weighted by atomic mass is 10.0. The summed E-state index contributed by atoms with van der Waals surface area (Å²) in [7, 11) is -3.16. The van der Waals surface area contributed by atoms with E-state index in [1.54, 1.807) is 0 Å². The van der Waals surface area contributed by atoms with Gasteiger partial charge < -0.3 is 14.0 Å². The summed E-state index contributed by atoms with van der Waals surface area (Å²) in [4.78, 5) is 0. The summed E-state index contributed by atoms with van der Waals surface area (Å²) in [6, 6.07) is 15.4. The van der Waals surface area contributed by atoms with Gasteiger partial charge in [0.15, 0.2) is 6.29 Å². The zero-order valence-electron chi connectivity index (χ0n) is 15.3. The number of hydrogen-bond acceptors (Lipinski definition) is 4. The van der Waals surface area contributed by atoms with Crippen molar-refractivity contribution in [2.75, 3.05) is 19.8 Å². The van der Waals surface area contributed by atoms with Gasteiger partial charge in [-0.1, -0.05) is 36.4 Å². The average molecular weight is 375 g/mol. The van der Waals surface area contributed by atoms with Gasteiger partial charge in [-0.05, 0) is 38.8 Å². The number of nitrogens with one attached hydrogen (secondary N) is 1. The van der Waals surface area contributed by atoms with E-state index in [4.69, 9.17) is 14.0 Å². The fraction of sp³-hybridized carbons (Fsp3) is 0.400. The minimum Gasteiger partial charge on any atom is -0.429 e. The third-order valence-electron chi connectivity index (χ3n) is 4.27. The molecule has 1 atom stereocenters. The van der Waals surface area contributed by atoms with Crippen LogP contribution in [0.5, 0.6) is 5.75 Å². The van der Waals surface area contributed by atoms with E-state index < -0.39 is 7.52 Å². The van der Waals surface area contributed by atoms with E-state index in [0.717, 1.165) is 29.3 Å². The molecule has 1 N–H and O–H groups in total. The first kappa shape index (κ1) is 19.1. The lowest BCUT2D eigenvalue weighted by Gasteiger charge is -2.29. The Bertz CT molecular complexity index is 774. The average Bonchev–Trinajstić information content (AvgIpc) is 2.66. The minimum absolute atomic E-state index is 0.215. The molecule has 1 aliphatic rings. The highest BCUT2D eigenvalue weighted by atomic mass is 31.2. The normalized spacial score (nSPS) is 18.3. The fourth-order valence-corrected chi connectivity index (χ4v) is 5.13. The Hall–Kier alpha value is -1.65. The molecule has 1 heterocycles. The highest BCUT2D eigenvalue weighted by molar-refractivity contribution is 7.65. The van der Waals surface area contributed by atoms with Crippen LogP contribution in [0.15, 0.2) is 48.5 Å². The monoisotopic (exact) mass is 375 g/mol. The van der Waals surface area contributed by atoms with E-state index in [1.165, 1.54) is 0 Å². The maximum absolute atomic E-state index is 13.5. The van der Waals surface area contributed by atoms with Gasteiger partial charge in [-0.15, -0.1) is 0 Å². The summed E-state index contributed by atoms with van der Waals surface area (Å²) in [5.74, 6) is 0.656. The van der Waals surface area contributed by atoms with E-state index in [-0.39, 0.29) is 6.29 Å². The molecular formula is C20H26NO4P. The van der Waals surface area contributed by atoms with Gasteiger partial charge in [-0.2, -0.15) is 0 Å². The SMILES string of the molecule is CCOC(CCCNP1(=O)Oc2ccccc2-c2ccccc21)OCC. The molecule has 3 rings (SSSR count). The number of hydrogen-bond donors (Lipinski definition) is 1. The van der Waals surface area contributed by atoms with Crippen molar-refractivity contribution in [3.8, 4) is 16.9 Å². The maximum atomic E-state index is 13.5. The van der Waals surface area contributed by atoms with Crippen molar-refractivity contribution in [2.24, 2.45) is 0 Å². The minimum atomic E-state index is -3.16. The van der Waals surface area contributed by atoms with Crippen LogP contribution in [0, 0.1) is 0 Å². The van der Waals surface area contributed by atoms with Gasteiger partial charge in [0.25, 0.3) is 0 Å². The molecule has 2 aromatic carbocycles. The third-order valence-corrected chi connectivity index (χ3v) is 6.39. The Morgan fingerprint density at radius 1 is 1.00 bits per heavy atom. The molecule has 0 saturated carbocycles. The molecule has 0 amide bonds. The van der Waals surface area contributed by atoms with Crippen molar-refractivity contribution in [3.63, 3.8) is 0 Å². The summed E-state index contributed by atoms with van der Waals surface area (Å²) < 4.78 is 30.6. The van der Waals surface area contributed by atoms with Crippen LogP contribution < -0.4 is 14.9 Å². The summed E-state index contributed by atoms with van der Waals surface area (Å²) in [5.41, 5.74) is 1.94. The topological polar surface area (TPSA) is 56.8 Å². The van der Waals surface area contributed by atoms with Gasteiger partial charge in [0.05, 0.1) is 5.30 Å². The van der Waals surface area contributed by atoms with Gasteiger partial charge in [-0.3, -0.25) is 4.57 Å². The molecule has 0 bridgehead atoms. The van der Waals surface area contributed by atoms with Gasteiger partial charge in [0.1, 0.15) is 5.75 Å². The van der Waals surface area contributed by atoms with E-state index in [2.05, 4.69) is 5.09 Å². The van der Waals surface area contributed by atoms with Crippen molar-refractivity contribution in [3.05, 3.63) is 48.5 Å². The van der Waals surface area contributed by atoms with Crippen LogP contribution >= 0.6 is 7.52 Å². The summed E-state index contributed by atoms with van der Waals surface area (Å²) >= 11 is 0. The van der Waals surface area contributed by atoms with E-state index in [0.29, 0.717) is 25.5 Å². The molecule has 1 aliphatic heterocycles. The van der Waals surface area contributed by atoms with Crippen LogP contribution in [0.3, 0.4) is 0 Å². The molecule has 26 heavy (non-hydrogen) atoms. The Labute approximate surface area is 155 Å². The lowest BCUT2D eigenvalue weighted by Crippen LogP contribution is -2.29. The van der Waals surface area contributed by atoms with Gasteiger partial charge >= 0.3 is 7.52 Å². The second-order valence-electron chi connectivity index (χ2n) is 6.05. The fourth-order valence-electron chi connectivity index (χ4n) is 3.11. The summed E-state index contributed by atoms with van der Waals surface area (Å²) in [6.07, 6.45) is 1.31. The molecule has 0 saturated heterocycles. The Morgan fingerprint density at radius 3 is 2.38 bits per heavy atom. The first-order valence-corrected chi connectivity index (χ1v) is 10.8. The third kappa shape index (κ3) is 4.18. The largest absolute Gasteiger partial charge is 0.429 e. The van der Waals surface area contributed by atoms with Crippen LogP contribution in [-0.4, -0.2) is 26.0 Å². The first-order chi connectivity index (χ1) is 12.7. The van der Waals surface area contributed by atoms with Crippen LogP contribution in [0.1, 0.15) is 26.7 Å². The van der Waals surface area contributed by atoms with Crippen LogP contribution in [0.4, 0.5) is 0 Å². The van der Waals surface area contributed by atoms with Crippen LogP contribution in [0.2, 0.25) is 0 Å². The van der Waals surface area contributed by atoms with E-state index >= 15 is 0 Å². The van der Waals surface area contributed by atoms with E-state index in [1.807, 2.05) is 62.4 Å². The number of rotatable bonds is 9. The van der Waals surface area contributed by atoms with Gasteiger partial charge in [0.2, 0.25) is 0 Å². The zero-order chi connectivity index (χ0) is 18.4. The predicted octanol–water partition coefficient (Wildman–Crippen LogP) is 4.33. The Morgan fingerprint density at radius 2 is 1.65 bits per heavy atom. The second kappa shape index (κ2) is 8.83. The molecule has 0 fully saturated rings. The summed E-state index contributed by atoms with van der Waals surface area (Å²) in [6.45, 7) is 5.69. The standard InChI is InChI=1S/C20H26NO4P/c1-3-23-20(24-4-2)14-9-15-21-26(22)19-13-8-6-11-17(19)16-10-5-7-12-18(16)25-26/h5-8,10-13,20H,3-4,9,14-15H2,1-2H3,(H,21,22). The molecule has 0 aliphatic carbocycles. The number of para-hydroxylation sites is 1. The zero-order valence-corrected chi connectivity index (χ0v) is 16.2. The van der Waals surface area contributed by atoms with E-state index in [9.17, 15) is 4.57 Å².